The van der Waals surface area contributed by atoms with E-state index in [9.17, 15) is 9.59 Å². The number of fused-ring (bicyclic) bond motifs is 3. The van der Waals surface area contributed by atoms with E-state index in [1.54, 1.807) is 5.56 Å². The molecule has 0 aromatic heterocycles. The van der Waals surface area contributed by atoms with Gasteiger partial charge in [-0.3, -0.25) is 14.5 Å². The van der Waals surface area contributed by atoms with Gasteiger partial charge < -0.3 is 9.80 Å². The highest BCUT2D eigenvalue weighted by Gasteiger charge is 2.42. The van der Waals surface area contributed by atoms with Gasteiger partial charge in [0, 0.05) is 38.2 Å². The van der Waals surface area contributed by atoms with E-state index in [1.807, 2.05) is 28.0 Å². The van der Waals surface area contributed by atoms with Gasteiger partial charge in [0.25, 0.3) is 0 Å². The molecule has 4 aliphatic rings. The molecule has 0 saturated carbocycles. The SMILES string of the molecule is O=C([C@@H]1Cc2ccccc2N1C(=O)CCN1CCC2(CCc3ccccc32)CC1)N1CCCC1. The molecule has 2 amide bonds. The van der Waals surface area contributed by atoms with Crippen molar-refractivity contribution in [2.75, 3.05) is 37.6 Å². The normalized spacial score (nSPS) is 23.4. The fraction of sp³-hybridized carbons (Fsp3) is 0.517. The molecule has 1 atom stereocenters. The van der Waals surface area contributed by atoms with Crippen LogP contribution in [0, 0.1) is 0 Å². The van der Waals surface area contributed by atoms with Crippen molar-refractivity contribution in [3.05, 3.63) is 65.2 Å². The second-order valence-electron chi connectivity index (χ2n) is 10.7. The topological polar surface area (TPSA) is 43.9 Å². The summed E-state index contributed by atoms with van der Waals surface area (Å²) in [6, 6.07) is 16.7. The van der Waals surface area contributed by atoms with Crippen molar-refractivity contribution in [3.8, 4) is 0 Å². The summed E-state index contributed by atoms with van der Waals surface area (Å²) < 4.78 is 0. The van der Waals surface area contributed by atoms with Gasteiger partial charge in [-0.2, -0.15) is 0 Å². The fourth-order valence-corrected chi connectivity index (χ4v) is 6.90. The molecule has 2 fully saturated rings. The van der Waals surface area contributed by atoms with Crippen LogP contribution < -0.4 is 4.90 Å². The fourth-order valence-electron chi connectivity index (χ4n) is 6.90. The van der Waals surface area contributed by atoms with Gasteiger partial charge in [0.2, 0.25) is 11.8 Å². The number of likely N-dealkylation sites (tertiary alicyclic amines) is 2. The van der Waals surface area contributed by atoms with E-state index in [0.29, 0.717) is 18.3 Å². The lowest BCUT2D eigenvalue weighted by Crippen LogP contribution is -2.50. The Hall–Kier alpha value is -2.66. The lowest BCUT2D eigenvalue weighted by atomic mass is 9.74. The van der Waals surface area contributed by atoms with Gasteiger partial charge in [0.1, 0.15) is 6.04 Å². The summed E-state index contributed by atoms with van der Waals surface area (Å²) >= 11 is 0. The van der Waals surface area contributed by atoms with Crippen LogP contribution in [0.25, 0.3) is 0 Å². The predicted octanol–water partition coefficient (Wildman–Crippen LogP) is 3.94. The first-order valence-corrected chi connectivity index (χ1v) is 13.1. The zero-order chi connectivity index (χ0) is 23.1. The molecule has 2 saturated heterocycles. The summed E-state index contributed by atoms with van der Waals surface area (Å²) in [6.45, 7) is 4.53. The van der Waals surface area contributed by atoms with Crippen LogP contribution in [0.3, 0.4) is 0 Å². The Morgan fingerprint density at radius 2 is 1.56 bits per heavy atom. The molecule has 3 aliphatic heterocycles. The van der Waals surface area contributed by atoms with E-state index in [1.165, 1.54) is 31.2 Å². The second kappa shape index (κ2) is 8.84. The van der Waals surface area contributed by atoms with Crippen molar-refractivity contribution in [1.82, 2.24) is 9.80 Å². The van der Waals surface area contributed by atoms with Crippen LogP contribution >= 0.6 is 0 Å². The molecule has 0 unspecified atom stereocenters. The van der Waals surface area contributed by atoms with Gasteiger partial charge in [0.05, 0.1) is 0 Å². The van der Waals surface area contributed by atoms with E-state index >= 15 is 0 Å². The zero-order valence-corrected chi connectivity index (χ0v) is 20.0. The van der Waals surface area contributed by atoms with Crippen molar-refractivity contribution in [3.63, 3.8) is 0 Å². The van der Waals surface area contributed by atoms with Crippen molar-refractivity contribution in [2.45, 2.75) is 62.8 Å². The molecule has 5 heteroatoms. The van der Waals surface area contributed by atoms with Crippen molar-refractivity contribution < 1.29 is 9.59 Å². The van der Waals surface area contributed by atoms with E-state index in [2.05, 4.69) is 35.2 Å². The van der Waals surface area contributed by atoms with Crippen LogP contribution in [-0.4, -0.2) is 60.4 Å². The van der Waals surface area contributed by atoms with E-state index in [4.69, 9.17) is 0 Å². The number of piperidine rings is 1. The molecule has 178 valence electrons. The standard InChI is InChI=1S/C29H35N3O2/c33-27(12-18-30-19-14-29(15-20-30)13-11-22-7-1-3-9-24(22)29)32-25-10-4-2-8-23(25)21-26(32)28(34)31-16-5-6-17-31/h1-4,7-10,26H,5-6,11-21H2/t26-/m0/s1. The number of rotatable bonds is 4. The van der Waals surface area contributed by atoms with E-state index < -0.39 is 0 Å². The maximum Gasteiger partial charge on any atom is 0.246 e. The van der Waals surface area contributed by atoms with Gasteiger partial charge >= 0.3 is 0 Å². The molecule has 0 N–H and O–H groups in total. The number of anilines is 1. The molecule has 2 aromatic rings. The minimum atomic E-state index is -0.373. The summed E-state index contributed by atoms with van der Waals surface area (Å²) in [5.74, 6) is 0.218. The van der Waals surface area contributed by atoms with Crippen LogP contribution in [0.1, 0.15) is 55.2 Å². The number of para-hydroxylation sites is 1. The number of carbonyl (C=O) groups is 2. The summed E-state index contributed by atoms with van der Waals surface area (Å²) in [4.78, 5) is 33.1. The molecule has 5 nitrogen and oxygen atoms in total. The van der Waals surface area contributed by atoms with Crippen molar-refractivity contribution in [2.24, 2.45) is 0 Å². The Morgan fingerprint density at radius 1 is 0.853 bits per heavy atom. The summed E-state index contributed by atoms with van der Waals surface area (Å²) in [6.07, 6.45) is 8.09. The third-order valence-electron chi connectivity index (χ3n) is 8.86. The average Bonchev–Trinajstić information content (AvgIpc) is 3.62. The molecular formula is C29H35N3O2. The van der Waals surface area contributed by atoms with Gasteiger partial charge in [-0.15, -0.1) is 0 Å². The van der Waals surface area contributed by atoms with Gasteiger partial charge in [-0.05, 0) is 79.8 Å². The minimum absolute atomic E-state index is 0.0917. The predicted molar refractivity (Wildman–Crippen MR) is 134 cm³/mol. The van der Waals surface area contributed by atoms with Crippen molar-refractivity contribution in [1.29, 1.82) is 0 Å². The van der Waals surface area contributed by atoms with E-state index in [0.717, 1.165) is 56.8 Å². The third kappa shape index (κ3) is 3.74. The number of hydrogen-bond donors (Lipinski definition) is 0. The molecule has 6 rings (SSSR count). The van der Waals surface area contributed by atoms with Gasteiger partial charge in [0.15, 0.2) is 0 Å². The highest BCUT2D eigenvalue weighted by atomic mass is 16.2. The number of benzene rings is 2. The average molecular weight is 458 g/mol. The molecule has 3 heterocycles. The van der Waals surface area contributed by atoms with Gasteiger partial charge in [-0.25, -0.2) is 0 Å². The lowest BCUT2D eigenvalue weighted by Gasteiger charge is -2.40. The Morgan fingerprint density at radius 3 is 2.35 bits per heavy atom. The Labute approximate surface area is 202 Å². The molecule has 2 aromatic carbocycles. The smallest absolute Gasteiger partial charge is 0.246 e. The molecular weight excluding hydrogens is 422 g/mol. The number of nitrogens with zero attached hydrogens (tertiary/aromatic N) is 3. The molecule has 0 radical (unpaired) electrons. The van der Waals surface area contributed by atoms with Crippen molar-refractivity contribution >= 4 is 17.5 Å². The second-order valence-corrected chi connectivity index (χ2v) is 10.7. The van der Waals surface area contributed by atoms with Crippen LogP contribution in [0.2, 0.25) is 0 Å². The Balaban J connectivity index is 1.11. The summed E-state index contributed by atoms with van der Waals surface area (Å²) in [7, 11) is 0. The van der Waals surface area contributed by atoms with Crippen LogP contribution in [-0.2, 0) is 27.8 Å². The van der Waals surface area contributed by atoms with Crippen LogP contribution in [0.5, 0.6) is 0 Å². The molecule has 34 heavy (non-hydrogen) atoms. The minimum Gasteiger partial charge on any atom is -0.341 e. The first-order valence-electron chi connectivity index (χ1n) is 13.1. The Kier molecular flexibility index (Phi) is 5.68. The van der Waals surface area contributed by atoms with Crippen LogP contribution in [0.4, 0.5) is 5.69 Å². The summed E-state index contributed by atoms with van der Waals surface area (Å²) in [5, 5.41) is 0. The highest BCUT2D eigenvalue weighted by Crippen LogP contribution is 2.46. The number of aryl methyl sites for hydroxylation is 1. The molecule has 0 bridgehead atoms. The Bertz CT molecular complexity index is 1080. The molecule has 1 spiro atoms. The lowest BCUT2D eigenvalue weighted by molar-refractivity contribution is -0.133. The van der Waals surface area contributed by atoms with Gasteiger partial charge in [-0.1, -0.05) is 42.5 Å². The van der Waals surface area contributed by atoms with E-state index in [-0.39, 0.29) is 17.9 Å². The summed E-state index contributed by atoms with van der Waals surface area (Å²) in [5.41, 5.74) is 5.51. The molecule has 1 aliphatic carbocycles. The maximum absolute atomic E-state index is 13.5. The monoisotopic (exact) mass is 457 g/mol. The number of carbonyl (C=O) groups excluding carboxylic acids is 2. The largest absolute Gasteiger partial charge is 0.341 e. The zero-order valence-electron chi connectivity index (χ0n) is 20.0. The number of amides is 2. The highest BCUT2D eigenvalue weighted by molar-refractivity contribution is 6.03. The van der Waals surface area contributed by atoms with Crippen LogP contribution in [0.15, 0.2) is 48.5 Å². The first-order chi connectivity index (χ1) is 16.6. The first kappa shape index (κ1) is 21.8. The quantitative estimate of drug-likeness (QED) is 0.699. The number of hydrogen-bond acceptors (Lipinski definition) is 3. The third-order valence-corrected chi connectivity index (χ3v) is 8.86. The maximum atomic E-state index is 13.5.